The molecule has 2 heterocycles. The first-order valence-corrected chi connectivity index (χ1v) is 17.7. The van der Waals surface area contributed by atoms with Crippen LogP contribution in [-0.2, 0) is 21.0 Å². The predicted molar refractivity (Wildman–Crippen MR) is 174 cm³/mol. The molecule has 13 heteroatoms. The van der Waals surface area contributed by atoms with Gasteiger partial charge in [0.05, 0.1) is 45.9 Å². The van der Waals surface area contributed by atoms with E-state index in [1.807, 2.05) is 26.8 Å². The Bertz CT molecular complexity index is 1770. The molecule has 2 atom stereocenters. The third kappa shape index (κ3) is 7.83. The Labute approximate surface area is 271 Å². The van der Waals surface area contributed by atoms with Crippen LogP contribution in [0.2, 0.25) is 0 Å². The summed E-state index contributed by atoms with van der Waals surface area (Å²) in [6.45, 7) is 6.75. The number of nitrogens with one attached hydrogen (secondary N) is 2. The maximum Gasteiger partial charge on any atom is 0.410 e. The average molecular weight is 678 g/mol. The van der Waals surface area contributed by atoms with Crippen LogP contribution in [0.4, 0.5) is 29.3 Å². The monoisotopic (exact) mass is 677 g/mol. The van der Waals surface area contributed by atoms with Gasteiger partial charge in [0.15, 0.2) is 9.84 Å². The summed E-state index contributed by atoms with van der Waals surface area (Å²) in [5.74, 6) is 6.59. The van der Waals surface area contributed by atoms with Gasteiger partial charge in [0.25, 0.3) is 0 Å². The summed E-state index contributed by atoms with van der Waals surface area (Å²) in [4.78, 5) is 15.0. The van der Waals surface area contributed by atoms with Crippen LogP contribution < -0.4 is 15.4 Å². The van der Waals surface area contributed by atoms with E-state index in [0.717, 1.165) is 24.8 Å². The lowest BCUT2D eigenvalue weighted by atomic mass is 9.92. The zero-order chi connectivity index (χ0) is 33.4. The Morgan fingerprint density at radius 2 is 1.78 bits per heavy atom. The minimum atomic E-state index is -4.42. The highest BCUT2D eigenvalue weighted by Crippen LogP contribution is 2.43. The number of hydrogen-bond acceptors (Lipinski definition) is 8. The molecule has 1 aliphatic heterocycles. The summed E-state index contributed by atoms with van der Waals surface area (Å²) < 4.78 is 76.6. The molecule has 46 heavy (non-hydrogen) atoms. The fourth-order valence-electron chi connectivity index (χ4n) is 6.19. The van der Waals surface area contributed by atoms with Crippen LogP contribution in [0.5, 0.6) is 5.75 Å². The van der Waals surface area contributed by atoms with E-state index in [1.165, 1.54) is 30.6 Å². The predicted octanol–water partition coefficient (Wildman–Crippen LogP) is 6.94. The highest BCUT2D eigenvalue weighted by atomic mass is 32.2. The van der Waals surface area contributed by atoms with Crippen LogP contribution >= 0.6 is 11.3 Å². The molecule has 248 valence electrons. The van der Waals surface area contributed by atoms with Gasteiger partial charge in [-0.05, 0) is 74.6 Å². The number of nitrogens with zero attached hydrogens (tertiary/aromatic N) is 1. The van der Waals surface area contributed by atoms with Crippen LogP contribution in [0.15, 0.2) is 41.3 Å². The molecule has 2 aliphatic rings. The number of carbonyl (C=O) groups is 1. The van der Waals surface area contributed by atoms with Gasteiger partial charge in [-0.2, -0.15) is 13.2 Å². The zero-order valence-corrected chi connectivity index (χ0v) is 28.0. The minimum absolute atomic E-state index is 0.0836. The number of piperidine rings is 1. The number of amides is 1. The second kappa shape index (κ2) is 12.9. The van der Waals surface area contributed by atoms with Crippen molar-refractivity contribution in [3.05, 3.63) is 46.8 Å². The number of alkyl halides is 3. The maximum atomic E-state index is 13.8. The summed E-state index contributed by atoms with van der Waals surface area (Å²) >= 11 is 1.23. The lowest BCUT2D eigenvalue weighted by Crippen LogP contribution is -2.51. The Morgan fingerprint density at radius 1 is 1.09 bits per heavy atom. The molecule has 1 saturated carbocycles. The molecule has 0 spiro atoms. The fourth-order valence-corrected chi connectivity index (χ4v) is 7.99. The molecule has 3 aromatic rings. The number of likely N-dealkylation sites (tertiary alicyclic amines) is 1. The van der Waals surface area contributed by atoms with Crippen molar-refractivity contribution in [3.63, 3.8) is 0 Å². The number of methoxy groups -OCH3 is 1. The van der Waals surface area contributed by atoms with Crippen molar-refractivity contribution in [1.29, 1.82) is 0 Å². The quantitative estimate of drug-likeness (QED) is 0.262. The third-order valence-electron chi connectivity index (χ3n) is 8.17. The molecule has 2 bridgehead atoms. The summed E-state index contributed by atoms with van der Waals surface area (Å²) in [7, 11) is -2.01. The van der Waals surface area contributed by atoms with E-state index in [1.54, 1.807) is 23.1 Å². The van der Waals surface area contributed by atoms with Gasteiger partial charge in [0, 0.05) is 31.5 Å². The molecule has 1 aromatic heterocycles. The normalized spacial score (nSPS) is 19.8. The molecule has 1 aliphatic carbocycles. The van der Waals surface area contributed by atoms with Crippen molar-refractivity contribution in [1.82, 2.24) is 4.90 Å². The number of benzene rings is 2. The second-order valence-electron chi connectivity index (χ2n) is 12.8. The Kier molecular flexibility index (Phi) is 9.44. The lowest BCUT2D eigenvalue weighted by Gasteiger charge is -2.39. The summed E-state index contributed by atoms with van der Waals surface area (Å²) in [5, 5.41) is 7.22. The standard InChI is InChI=1S/C33H38F3N3O5S2/c1-32(2,3)44-31(40)39-18-20-11-12-21(19-39)29(20)38-26-9-6-8-23-24(17-33(34,35)36)28(45-30(23)26)10-7-15-37-25-14-13-22(46(5,41)42)16-27(25)43-4/h6,8-9,13-14,16,20-21,29,37-38H,11-12,15,17-19H2,1-5H3. The van der Waals surface area contributed by atoms with Crippen molar-refractivity contribution < 1.29 is 35.9 Å². The SMILES string of the molecule is COc1cc(S(C)(=O)=O)ccc1NCC#Cc1sc2c(NC3C4CCC3CN(C(=O)OC(C)(C)C)C4)cccc2c1CC(F)(F)F. The van der Waals surface area contributed by atoms with Gasteiger partial charge >= 0.3 is 12.3 Å². The van der Waals surface area contributed by atoms with Crippen molar-refractivity contribution in [2.75, 3.05) is 43.6 Å². The number of ether oxygens (including phenoxy) is 2. The molecule has 1 amide bonds. The average Bonchev–Trinajstić information content (AvgIpc) is 3.39. The van der Waals surface area contributed by atoms with E-state index >= 15 is 0 Å². The number of sulfone groups is 1. The zero-order valence-electron chi connectivity index (χ0n) is 26.4. The van der Waals surface area contributed by atoms with Gasteiger partial charge in [-0.3, -0.25) is 0 Å². The van der Waals surface area contributed by atoms with E-state index in [4.69, 9.17) is 9.47 Å². The molecule has 2 fully saturated rings. The van der Waals surface area contributed by atoms with Crippen LogP contribution in [-0.4, -0.2) is 70.2 Å². The molecule has 5 rings (SSSR count). The largest absolute Gasteiger partial charge is 0.495 e. The molecule has 2 N–H and O–H groups in total. The van der Waals surface area contributed by atoms with E-state index in [-0.39, 0.29) is 41.0 Å². The molecular weight excluding hydrogens is 640 g/mol. The van der Waals surface area contributed by atoms with Gasteiger partial charge in [-0.15, -0.1) is 11.3 Å². The fraction of sp³-hybridized carbons (Fsp3) is 0.485. The van der Waals surface area contributed by atoms with Crippen LogP contribution in [0.25, 0.3) is 10.1 Å². The maximum absolute atomic E-state index is 13.8. The van der Waals surface area contributed by atoms with Crippen molar-refractivity contribution in [2.45, 2.75) is 62.7 Å². The molecule has 2 aromatic carbocycles. The first-order valence-electron chi connectivity index (χ1n) is 15.0. The Morgan fingerprint density at radius 3 is 2.39 bits per heavy atom. The molecule has 0 radical (unpaired) electrons. The summed E-state index contributed by atoms with van der Waals surface area (Å²) in [6.07, 6.45) is -2.84. The van der Waals surface area contributed by atoms with Crippen molar-refractivity contribution in [3.8, 4) is 17.6 Å². The van der Waals surface area contributed by atoms with Crippen LogP contribution in [0.1, 0.15) is 44.1 Å². The molecule has 1 saturated heterocycles. The smallest absolute Gasteiger partial charge is 0.410 e. The third-order valence-corrected chi connectivity index (χ3v) is 10.5. The lowest BCUT2D eigenvalue weighted by molar-refractivity contribution is -0.126. The number of fused-ring (bicyclic) bond motifs is 3. The van der Waals surface area contributed by atoms with Crippen LogP contribution in [0, 0.1) is 23.7 Å². The number of hydrogen-bond donors (Lipinski definition) is 2. The van der Waals surface area contributed by atoms with E-state index < -0.39 is 28.0 Å². The van der Waals surface area contributed by atoms with Gasteiger partial charge in [0.1, 0.15) is 11.4 Å². The highest BCUT2D eigenvalue weighted by molar-refractivity contribution is 7.90. The Balaban J connectivity index is 1.37. The summed E-state index contributed by atoms with van der Waals surface area (Å²) in [6, 6.07) is 9.86. The highest BCUT2D eigenvalue weighted by Gasteiger charge is 2.44. The van der Waals surface area contributed by atoms with Crippen molar-refractivity contribution >= 4 is 48.7 Å². The first-order chi connectivity index (χ1) is 21.5. The van der Waals surface area contributed by atoms with E-state index in [2.05, 4.69) is 22.5 Å². The molecule has 8 nitrogen and oxygen atoms in total. The second-order valence-corrected chi connectivity index (χ2v) is 15.9. The topological polar surface area (TPSA) is 97.0 Å². The van der Waals surface area contributed by atoms with E-state index in [9.17, 15) is 26.4 Å². The molecule has 2 unspecified atom stereocenters. The number of anilines is 2. The van der Waals surface area contributed by atoms with Gasteiger partial charge in [0.2, 0.25) is 0 Å². The number of rotatable bonds is 7. The number of carbonyl (C=O) groups excluding carboxylic acids is 1. The first kappa shape index (κ1) is 33.7. The van der Waals surface area contributed by atoms with Gasteiger partial charge < -0.3 is 25.0 Å². The van der Waals surface area contributed by atoms with Crippen molar-refractivity contribution in [2.24, 2.45) is 11.8 Å². The van der Waals surface area contributed by atoms with E-state index in [0.29, 0.717) is 39.5 Å². The Hall–Kier alpha value is -3.63. The number of thiophene rings is 1. The summed E-state index contributed by atoms with van der Waals surface area (Å²) in [5.41, 5.74) is 0.834. The van der Waals surface area contributed by atoms with Gasteiger partial charge in [-0.25, -0.2) is 13.2 Å². The number of halogens is 3. The molecular formula is C33H38F3N3O5S2. The van der Waals surface area contributed by atoms with Crippen LogP contribution in [0.3, 0.4) is 0 Å². The van der Waals surface area contributed by atoms with Gasteiger partial charge in [-0.1, -0.05) is 24.0 Å². The minimum Gasteiger partial charge on any atom is -0.495 e.